The molecule has 0 aliphatic rings. The minimum atomic E-state index is 0.958. The molecule has 1 nitrogen and oxygen atoms in total. The van der Waals surface area contributed by atoms with Crippen molar-refractivity contribution in [1.29, 1.82) is 0 Å². The zero-order valence-electron chi connectivity index (χ0n) is 5.27. The lowest BCUT2D eigenvalue weighted by Gasteiger charge is -1.96. The third-order valence-corrected chi connectivity index (χ3v) is 2.86. The molecule has 0 atom stereocenters. The fourth-order valence-corrected chi connectivity index (χ4v) is 2.14. The Bertz CT molecular complexity index is 187. The lowest BCUT2D eigenvalue weighted by Crippen LogP contribution is -1.81. The van der Waals surface area contributed by atoms with Crippen LogP contribution in [0.3, 0.4) is 0 Å². The first-order valence-electron chi connectivity index (χ1n) is 2.53. The van der Waals surface area contributed by atoms with E-state index in [0.717, 1.165) is 9.54 Å². The highest BCUT2D eigenvalue weighted by Crippen LogP contribution is 2.34. The third kappa shape index (κ3) is 1.27. The topological polar surface area (TPSA) is 9.23 Å². The molecule has 0 unspecified atom stereocenters. The third-order valence-electron chi connectivity index (χ3n) is 1.08. The summed E-state index contributed by atoms with van der Waals surface area (Å²) in [6.07, 6.45) is 0. The van der Waals surface area contributed by atoms with Gasteiger partial charge in [0.05, 0.1) is 7.11 Å². The number of aryl methyl sites for hydroxylation is 1. The highest BCUT2D eigenvalue weighted by Gasteiger charge is 2.03. The predicted octanol–water partition coefficient (Wildman–Crippen LogP) is 2.83. The maximum absolute atomic E-state index is 5.08. The van der Waals surface area contributed by atoms with Gasteiger partial charge >= 0.3 is 0 Å². The van der Waals surface area contributed by atoms with Gasteiger partial charge in [0.15, 0.2) is 0 Å². The molecular weight excluding hydrogens is 200 g/mol. The average molecular weight is 207 g/mol. The molecule has 3 heteroatoms. The Morgan fingerprint density at radius 2 is 2.33 bits per heavy atom. The van der Waals surface area contributed by atoms with E-state index in [1.807, 2.05) is 6.92 Å². The second-order valence-corrected chi connectivity index (χ2v) is 3.92. The summed E-state index contributed by atoms with van der Waals surface area (Å²) in [5, 5.41) is 2.06. The van der Waals surface area contributed by atoms with Crippen LogP contribution >= 0.6 is 27.3 Å². The van der Waals surface area contributed by atoms with E-state index in [2.05, 4.69) is 21.3 Å². The normalized spacial score (nSPS) is 9.67. The summed E-state index contributed by atoms with van der Waals surface area (Å²) in [5.41, 5.74) is 1.19. The van der Waals surface area contributed by atoms with Crippen LogP contribution in [0.2, 0.25) is 0 Å². The molecule has 0 radical (unpaired) electrons. The van der Waals surface area contributed by atoms with Crippen LogP contribution < -0.4 is 4.74 Å². The fourth-order valence-electron chi connectivity index (χ4n) is 0.643. The van der Waals surface area contributed by atoms with Crippen LogP contribution in [0.15, 0.2) is 9.17 Å². The van der Waals surface area contributed by atoms with E-state index in [-0.39, 0.29) is 0 Å². The van der Waals surface area contributed by atoms with E-state index >= 15 is 0 Å². The smallest absolute Gasteiger partial charge is 0.146 e. The van der Waals surface area contributed by atoms with Gasteiger partial charge in [0.25, 0.3) is 0 Å². The lowest BCUT2D eigenvalue weighted by atomic mass is 10.4. The number of thiophene rings is 1. The Hall–Kier alpha value is -0.0200. The van der Waals surface area contributed by atoms with E-state index < -0.39 is 0 Å². The molecule has 0 saturated carbocycles. The zero-order chi connectivity index (χ0) is 6.85. The molecule has 50 valence electrons. The Balaban J connectivity index is 3.07. The number of hydrogen-bond acceptors (Lipinski definition) is 2. The van der Waals surface area contributed by atoms with Crippen molar-refractivity contribution in [2.24, 2.45) is 0 Å². The Labute approximate surface area is 66.8 Å². The summed E-state index contributed by atoms with van der Waals surface area (Å²) in [5.74, 6) is 0.958. The quantitative estimate of drug-likeness (QED) is 0.687. The lowest BCUT2D eigenvalue weighted by molar-refractivity contribution is 0.411. The highest BCUT2D eigenvalue weighted by molar-refractivity contribution is 9.11. The molecule has 0 spiro atoms. The van der Waals surface area contributed by atoms with Crippen molar-refractivity contribution in [3.63, 3.8) is 0 Å². The molecule has 0 bridgehead atoms. The molecule has 0 amide bonds. The Morgan fingerprint density at radius 3 is 2.56 bits per heavy atom. The van der Waals surface area contributed by atoms with Gasteiger partial charge in [-0.3, -0.25) is 0 Å². The van der Waals surface area contributed by atoms with Gasteiger partial charge < -0.3 is 4.74 Å². The summed E-state index contributed by atoms with van der Waals surface area (Å²) in [7, 11) is 1.68. The van der Waals surface area contributed by atoms with Crippen LogP contribution in [0.5, 0.6) is 5.75 Å². The molecule has 1 heterocycles. The summed E-state index contributed by atoms with van der Waals surface area (Å²) < 4.78 is 6.15. The van der Waals surface area contributed by atoms with Gasteiger partial charge in [-0.05, 0) is 28.2 Å². The number of hydrogen-bond donors (Lipinski definition) is 0. The molecule has 0 aliphatic heterocycles. The first-order chi connectivity index (χ1) is 4.25. The van der Waals surface area contributed by atoms with Crippen molar-refractivity contribution in [1.82, 2.24) is 0 Å². The van der Waals surface area contributed by atoms with Crippen LogP contribution in [0.4, 0.5) is 0 Å². The van der Waals surface area contributed by atoms with Gasteiger partial charge in [-0.1, -0.05) is 0 Å². The zero-order valence-corrected chi connectivity index (χ0v) is 7.67. The van der Waals surface area contributed by atoms with Crippen molar-refractivity contribution < 1.29 is 4.74 Å². The van der Waals surface area contributed by atoms with Crippen molar-refractivity contribution in [3.05, 3.63) is 14.7 Å². The molecule has 1 rings (SSSR count). The largest absolute Gasteiger partial charge is 0.494 e. The molecule has 0 aromatic carbocycles. The van der Waals surface area contributed by atoms with Crippen molar-refractivity contribution in [2.75, 3.05) is 7.11 Å². The van der Waals surface area contributed by atoms with E-state index in [4.69, 9.17) is 4.74 Å². The number of ether oxygens (including phenoxy) is 1. The van der Waals surface area contributed by atoms with Crippen LogP contribution in [0, 0.1) is 6.92 Å². The fraction of sp³-hybridized carbons (Fsp3) is 0.333. The van der Waals surface area contributed by atoms with E-state index in [1.54, 1.807) is 18.4 Å². The predicted molar refractivity (Wildman–Crippen MR) is 43.3 cm³/mol. The maximum atomic E-state index is 5.08. The first-order valence-corrected chi connectivity index (χ1v) is 4.20. The van der Waals surface area contributed by atoms with E-state index in [9.17, 15) is 0 Å². The minimum absolute atomic E-state index is 0.958. The molecule has 0 aliphatic carbocycles. The van der Waals surface area contributed by atoms with E-state index in [0.29, 0.717) is 0 Å². The van der Waals surface area contributed by atoms with Crippen LogP contribution in [-0.2, 0) is 0 Å². The molecule has 0 saturated heterocycles. The monoisotopic (exact) mass is 206 g/mol. The number of rotatable bonds is 1. The standard InChI is InChI=1S/C6H7BrOS/c1-4-3-9-6(7)5(4)8-2/h3H,1-2H3. The van der Waals surface area contributed by atoms with Gasteiger partial charge in [0.2, 0.25) is 0 Å². The molecule has 1 aromatic rings. The summed E-state index contributed by atoms with van der Waals surface area (Å²) >= 11 is 5.02. The molecule has 1 aromatic heterocycles. The minimum Gasteiger partial charge on any atom is -0.494 e. The summed E-state index contributed by atoms with van der Waals surface area (Å²) in [6.45, 7) is 2.03. The molecule has 0 N–H and O–H groups in total. The molecule has 0 fully saturated rings. The molecular formula is C6H7BrOS. The average Bonchev–Trinajstić information content (AvgIpc) is 2.12. The Morgan fingerprint density at radius 1 is 1.67 bits per heavy atom. The Kier molecular flexibility index (Phi) is 2.13. The summed E-state index contributed by atoms with van der Waals surface area (Å²) in [4.78, 5) is 0. The van der Waals surface area contributed by atoms with Gasteiger partial charge in [-0.25, -0.2) is 0 Å². The SMILES string of the molecule is COc1c(C)csc1Br. The van der Waals surface area contributed by atoms with Gasteiger partial charge in [-0.2, -0.15) is 0 Å². The number of halogens is 1. The number of methoxy groups -OCH3 is 1. The first kappa shape index (κ1) is 7.09. The van der Waals surface area contributed by atoms with Crippen molar-refractivity contribution in [3.8, 4) is 5.75 Å². The molecule has 9 heavy (non-hydrogen) atoms. The van der Waals surface area contributed by atoms with Crippen LogP contribution in [0.25, 0.3) is 0 Å². The van der Waals surface area contributed by atoms with Gasteiger partial charge in [0, 0.05) is 5.56 Å². The van der Waals surface area contributed by atoms with Crippen molar-refractivity contribution >= 4 is 27.3 Å². The van der Waals surface area contributed by atoms with E-state index in [1.165, 1.54) is 5.56 Å². The second kappa shape index (κ2) is 2.71. The highest BCUT2D eigenvalue weighted by atomic mass is 79.9. The van der Waals surface area contributed by atoms with Gasteiger partial charge in [-0.15, -0.1) is 11.3 Å². The summed E-state index contributed by atoms with van der Waals surface area (Å²) in [6, 6.07) is 0. The van der Waals surface area contributed by atoms with Gasteiger partial charge in [0.1, 0.15) is 9.54 Å². The van der Waals surface area contributed by atoms with Crippen molar-refractivity contribution in [2.45, 2.75) is 6.92 Å². The van der Waals surface area contributed by atoms with Crippen LogP contribution in [-0.4, -0.2) is 7.11 Å². The second-order valence-electron chi connectivity index (χ2n) is 1.73. The van der Waals surface area contributed by atoms with Crippen LogP contribution in [0.1, 0.15) is 5.56 Å². The maximum Gasteiger partial charge on any atom is 0.146 e.